The second-order valence-corrected chi connectivity index (χ2v) is 8.04. The van der Waals surface area contributed by atoms with E-state index in [2.05, 4.69) is 24.5 Å². The topological polar surface area (TPSA) is 118 Å². The number of amides is 2. The van der Waals surface area contributed by atoms with Crippen molar-refractivity contribution in [1.29, 1.82) is 0 Å². The minimum absolute atomic E-state index is 0.139. The fourth-order valence-corrected chi connectivity index (χ4v) is 3.40. The van der Waals surface area contributed by atoms with Crippen LogP contribution in [0.25, 0.3) is 10.9 Å². The molecule has 2 heterocycles. The first-order valence-corrected chi connectivity index (χ1v) is 10.3. The number of hydrogen-bond acceptors (Lipinski definition) is 4. The van der Waals surface area contributed by atoms with Gasteiger partial charge in [-0.05, 0) is 37.5 Å². The minimum Gasteiger partial charge on any atom is -0.351 e. The predicted octanol–water partition coefficient (Wildman–Crippen LogP) is 1.97. The highest BCUT2D eigenvalue weighted by Gasteiger charge is 2.16. The smallest absolute Gasteiger partial charge is 0.336 e. The van der Waals surface area contributed by atoms with E-state index in [1.54, 1.807) is 4.98 Å². The van der Waals surface area contributed by atoms with Gasteiger partial charge in [0.2, 0.25) is 5.82 Å². The van der Waals surface area contributed by atoms with Gasteiger partial charge in [-0.3, -0.25) is 14.6 Å². The lowest BCUT2D eigenvalue weighted by molar-refractivity contribution is 0.0944. The summed E-state index contributed by atoms with van der Waals surface area (Å²) in [4.78, 5) is 49.1. The van der Waals surface area contributed by atoms with Crippen molar-refractivity contribution < 1.29 is 14.0 Å². The molecule has 3 aromatic rings. The number of H-pyrrole nitrogens is 1. The van der Waals surface area contributed by atoms with Crippen LogP contribution in [0.2, 0.25) is 0 Å². The maximum absolute atomic E-state index is 13.3. The molecule has 0 aliphatic carbocycles. The van der Waals surface area contributed by atoms with Crippen LogP contribution in [-0.2, 0) is 6.54 Å². The van der Waals surface area contributed by atoms with E-state index in [4.69, 9.17) is 0 Å². The molecule has 32 heavy (non-hydrogen) atoms. The number of aromatic nitrogens is 3. The van der Waals surface area contributed by atoms with Gasteiger partial charge in [0, 0.05) is 30.5 Å². The monoisotopic (exact) mass is 443 g/mol. The largest absolute Gasteiger partial charge is 0.351 e. The minimum atomic E-state index is -1.24. The molecule has 0 bridgehead atoms. The Kier molecular flexibility index (Phi) is 6.92. The molecule has 10 heteroatoms. The number of benzene rings is 1. The first-order chi connectivity index (χ1) is 15.2. The highest BCUT2D eigenvalue weighted by molar-refractivity contribution is 5.98. The van der Waals surface area contributed by atoms with Crippen molar-refractivity contribution in [2.45, 2.75) is 33.7 Å². The number of halogens is 1. The average Bonchev–Trinajstić information content (AvgIpc) is 3.07. The number of nitrogens with one attached hydrogen (secondary N) is 3. The molecule has 0 unspecified atom stereocenters. The normalized spacial score (nSPS) is 11.2. The fraction of sp³-hybridized carbons (Fsp3) is 0.364. The number of hydrogen-bond donors (Lipinski definition) is 3. The zero-order valence-corrected chi connectivity index (χ0v) is 18.2. The standard InChI is InChI=1S/C22H26FN5O4/c1-13(2)11-27-17-6-5-14(3)9-15(17)10-18(27)20(30)24-7-4-8-25-21(31)28-12-16(23)19(29)26-22(28)32/h5-6,9-10,12-13H,4,7-8,11H2,1-3H3,(H,24,30)(H,25,31)(H,26,29,32). The van der Waals surface area contributed by atoms with Crippen LogP contribution in [-0.4, -0.2) is 39.1 Å². The van der Waals surface area contributed by atoms with Crippen molar-refractivity contribution in [2.24, 2.45) is 5.92 Å². The molecule has 0 fully saturated rings. The first-order valence-electron chi connectivity index (χ1n) is 10.3. The van der Waals surface area contributed by atoms with Crippen LogP contribution in [0.5, 0.6) is 0 Å². The Hall–Kier alpha value is -3.69. The Balaban J connectivity index is 1.59. The third-order valence-corrected chi connectivity index (χ3v) is 4.87. The number of carbonyl (C=O) groups excluding carboxylic acids is 2. The van der Waals surface area contributed by atoms with Gasteiger partial charge < -0.3 is 15.2 Å². The quantitative estimate of drug-likeness (QED) is 0.484. The molecule has 0 spiro atoms. The molecule has 170 valence electrons. The molecule has 0 saturated carbocycles. The predicted molar refractivity (Wildman–Crippen MR) is 119 cm³/mol. The number of aromatic amines is 1. The van der Waals surface area contributed by atoms with Crippen LogP contribution < -0.4 is 21.9 Å². The van der Waals surface area contributed by atoms with Gasteiger partial charge in [-0.1, -0.05) is 25.5 Å². The first kappa shape index (κ1) is 23.0. The van der Waals surface area contributed by atoms with Crippen LogP contribution in [0.3, 0.4) is 0 Å². The molecule has 1 aromatic carbocycles. The van der Waals surface area contributed by atoms with Crippen LogP contribution in [0.15, 0.2) is 40.1 Å². The second-order valence-electron chi connectivity index (χ2n) is 8.04. The van der Waals surface area contributed by atoms with Gasteiger partial charge in [0.25, 0.3) is 11.5 Å². The van der Waals surface area contributed by atoms with Crippen LogP contribution in [0.1, 0.15) is 36.3 Å². The summed E-state index contributed by atoms with van der Waals surface area (Å²) in [5, 5.41) is 6.29. The van der Waals surface area contributed by atoms with E-state index in [-0.39, 0.29) is 19.0 Å². The van der Waals surface area contributed by atoms with E-state index >= 15 is 0 Å². The molecule has 0 atom stereocenters. The van der Waals surface area contributed by atoms with Gasteiger partial charge >= 0.3 is 11.7 Å². The zero-order chi connectivity index (χ0) is 23.4. The van der Waals surface area contributed by atoms with Gasteiger partial charge in [0.15, 0.2) is 0 Å². The summed E-state index contributed by atoms with van der Waals surface area (Å²) in [6.45, 7) is 7.31. The summed E-state index contributed by atoms with van der Waals surface area (Å²) < 4.78 is 15.7. The van der Waals surface area contributed by atoms with Crippen molar-refractivity contribution >= 4 is 22.8 Å². The van der Waals surface area contributed by atoms with E-state index in [1.807, 2.05) is 35.8 Å². The number of rotatable bonds is 7. The maximum atomic E-state index is 13.3. The SMILES string of the molecule is Cc1ccc2c(c1)cc(C(=O)NCCCNC(=O)n1cc(F)c(=O)[nH]c1=O)n2CC(C)C. The van der Waals surface area contributed by atoms with Gasteiger partial charge in [0.1, 0.15) is 5.69 Å². The Morgan fingerprint density at radius 1 is 1.12 bits per heavy atom. The lowest BCUT2D eigenvalue weighted by Gasteiger charge is -2.13. The lowest BCUT2D eigenvalue weighted by Crippen LogP contribution is -2.41. The third kappa shape index (κ3) is 5.13. The summed E-state index contributed by atoms with van der Waals surface area (Å²) in [7, 11) is 0. The Morgan fingerprint density at radius 2 is 1.84 bits per heavy atom. The number of aryl methyl sites for hydroxylation is 1. The number of carbonyl (C=O) groups is 2. The maximum Gasteiger partial charge on any atom is 0.336 e. The number of nitrogens with zero attached hydrogens (tertiary/aromatic N) is 2. The molecular formula is C22H26FN5O4. The van der Waals surface area contributed by atoms with E-state index in [1.165, 1.54) is 0 Å². The van der Waals surface area contributed by atoms with Crippen LogP contribution in [0.4, 0.5) is 9.18 Å². The van der Waals surface area contributed by atoms with Gasteiger partial charge in [-0.2, -0.15) is 4.39 Å². The molecular weight excluding hydrogens is 417 g/mol. The third-order valence-electron chi connectivity index (χ3n) is 4.87. The molecule has 0 aliphatic rings. The Labute approximate surface area is 183 Å². The average molecular weight is 443 g/mol. The van der Waals surface area contributed by atoms with Crippen molar-refractivity contribution in [3.8, 4) is 0 Å². The summed E-state index contributed by atoms with van der Waals surface area (Å²) in [5.41, 5.74) is 0.462. The molecule has 0 radical (unpaired) electrons. The van der Waals surface area contributed by atoms with Gasteiger partial charge in [0.05, 0.1) is 6.20 Å². The van der Waals surface area contributed by atoms with Crippen molar-refractivity contribution in [2.75, 3.05) is 13.1 Å². The molecule has 9 nitrogen and oxygen atoms in total. The summed E-state index contributed by atoms with van der Waals surface area (Å²) in [6, 6.07) is 7.08. The lowest BCUT2D eigenvalue weighted by atomic mass is 10.2. The molecule has 2 amide bonds. The summed E-state index contributed by atoms with van der Waals surface area (Å²) >= 11 is 0. The summed E-state index contributed by atoms with van der Waals surface area (Å²) in [5.74, 6) is -1.10. The molecule has 2 aromatic heterocycles. The van der Waals surface area contributed by atoms with E-state index in [0.717, 1.165) is 16.5 Å². The van der Waals surface area contributed by atoms with Gasteiger partial charge in [-0.15, -0.1) is 0 Å². The van der Waals surface area contributed by atoms with Crippen molar-refractivity contribution in [3.05, 3.63) is 68.4 Å². The fourth-order valence-electron chi connectivity index (χ4n) is 3.40. The van der Waals surface area contributed by atoms with Crippen molar-refractivity contribution in [3.63, 3.8) is 0 Å². The Morgan fingerprint density at radius 3 is 2.56 bits per heavy atom. The molecule has 0 saturated heterocycles. The molecule has 3 rings (SSSR count). The summed E-state index contributed by atoms with van der Waals surface area (Å²) in [6.07, 6.45) is 0.926. The van der Waals surface area contributed by atoms with E-state index < -0.39 is 23.1 Å². The van der Waals surface area contributed by atoms with Crippen LogP contribution >= 0.6 is 0 Å². The molecule has 3 N–H and O–H groups in total. The van der Waals surface area contributed by atoms with E-state index in [9.17, 15) is 23.6 Å². The highest BCUT2D eigenvalue weighted by Crippen LogP contribution is 2.22. The second kappa shape index (κ2) is 9.63. The highest BCUT2D eigenvalue weighted by atomic mass is 19.1. The van der Waals surface area contributed by atoms with Gasteiger partial charge in [-0.25, -0.2) is 14.2 Å². The van der Waals surface area contributed by atoms with Crippen molar-refractivity contribution in [1.82, 2.24) is 24.8 Å². The van der Waals surface area contributed by atoms with E-state index in [0.29, 0.717) is 35.3 Å². The zero-order valence-electron chi connectivity index (χ0n) is 18.2. The molecule has 0 aliphatic heterocycles. The number of fused-ring (bicyclic) bond motifs is 1. The van der Waals surface area contributed by atoms with Crippen LogP contribution in [0, 0.1) is 18.7 Å². The Bertz CT molecular complexity index is 1270.